The van der Waals surface area contributed by atoms with Crippen LogP contribution in [0, 0.1) is 0 Å². The molecule has 4 rings (SSSR count). The molecule has 0 saturated carbocycles. The molecule has 0 fully saturated rings. The highest BCUT2D eigenvalue weighted by Gasteiger charge is 2.35. The first kappa shape index (κ1) is 17.9. The molecule has 1 N–H and O–H groups in total. The number of methoxy groups -OCH3 is 1. The van der Waals surface area contributed by atoms with Crippen molar-refractivity contribution in [2.45, 2.75) is 5.79 Å². The molecule has 0 aliphatic rings. The Hall–Kier alpha value is -3.48. The van der Waals surface area contributed by atoms with Gasteiger partial charge < -0.3 is 9.84 Å². The number of nitrogens with zero attached hydrogens (tertiary/aromatic N) is 4. The van der Waals surface area contributed by atoms with Crippen LogP contribution >= 0.6 is 0 Å². The predicted molar refractivity (Wildman–Crippen MR) is 105 cm³/mol. The third-order valence-electron chi connectivity index (χ3n) is 4.34. The smallest absolute Gasteiger partial charge is 0.254 e. The van der Waals surface area contributed by atoms with E-state index in [1.54, 1.807) is 36.7 Å². The van der Waals surface area contributed by atoms with E-state index in [0.29, 0.717) is 34.2 Å². The van der Waals surface area contributed by atoms with Gasteiger partial charge in [-0.1, -0.05) is 24.3 Å². The summed E-state index contributed by atoms with van der Waals surface area (Å²) in [4.78, 5) is 17.8. The van der Waals surface area contributed by atoms with Crippen LogP contribution in [0.25, 0.3) is 22.8 Å². The van der Waals surface area contributed by atoms with E-state index in [9.17, 15) is 5.11 Å². The van der Waals surface area contributed by atoms with Crippen molar-refractivity contribution in [1.82, 2.24) is 19.9 Å². The molecule has 0 unspecified atom stereocenters. The van der Waals surface area contributed by atoms with Gasteiger partial charge in [0, 0.05) is 19.5 Å². The Morgan fingerprint density at radius 1 is 0.643 bits per heavy atom. The van der Waals surface area contributed by atoms with Crippen LogP contribution in [-0.2, 0) is 10.5 Å². The molecule has 138 valence electrons. The summed E-state index contributed by atoms with van der Waals surface area (Å²) in [6.07, 6.45) is 3.40. The Kier molecular flexibility index (Phi) is 4.89. The van der Waals surface area contributed by atoms with Gasteiger partial charge >= 0.3 is 0 Å². The molecule has 4 aromatic heterocycles. The molecular weight excluding hydrogens is 352 g/mol. The number of aliphatic hydroxyl groups is 1. The van der Waals surface area contributed by atoms with Crippen molar-refractivity contribution in [3.8, 4) is 22.8 Å². The maximum Gasteiger partial charge on any atom is 0.254 e. The highest BCUT2D eigenvalue weighted by molar-refractivity contribution is 5.55. The third-order valence-corrected chi connectivity index (χ3v) is 4.34. The van der Waals surface area contributed by atoms with E-state index < -0.39 is 5.79 Å². The molecule has 28 heavy (non-hydrogen) atoms. The minimum atomic E-state index is -1.81. The van der Waals surface area contributed by atoms with E-state index in [2.05, 4.69) is 19.9 Å². The summed E-state index contributed by atoms with van der Waals surface area (Å²) in [5, 5.41) is 11.3. The van der Waals surface area contributed by atoms with Gasteiger partial charge in [-0.2, -0.15) is 0 Å². The minimum absolute atomic E-state index is 0.323. The molecule has 0 radical (unpaired) electrons. The van der Waals surface area contributed by atoms with E-state index in [0.717, 1.165) is 0 Å². The first-order chi connectivity index (χ1) is 13.7. The van der Waals surface area contributed by atoms with Gasteiger partial charge in [-0.3, -0.25) is 9.97 Å². The number of hydrogen-bond donors (Lipinski definition) is 1. The zero-order valence-electron chi connectivity index (χ0n) is 15.2. The Labute approximate surface area is 162 Å². The lowest BCUT2D eigenvalue weighted by molar-refractivity contribution is -0.165. The molecule has 4 aromatic rings. The number of hydrogen-bond acceptors (Lipinski definition) is 6. The zero-order valence-corrected chi connectivity index (χ0v) is 15.2. The van der Waals surface area contributed by atoms with Crippen LogP contribution in [0.3, 0.4) is 0 Å². The first-order valence-electron chi connectivity index (χ1n) is 8.76. The van der Waals surface area contributed by atoms with Crippen LogP contribution in [0.15, 0.2) is 85.2 Å². The lowest BCUT2D eigenvalue weighted by Crippen LogP contribution is -2.32. The molecule has 0 amide bonds. The van der Waals surface area contributed by atoms with Gasteiger partial charge in [0.25, 0.3) is 5.79 Å². The van der Waals surface area contributed by atoms with E-state index in [1.807, 2.05) is 48.5 Å². The van der Waals surface area contributed by atoms with Crippen molar-refractivity contribution in [3.05, 3.63) is 96.6 Å². The quantitative estimate of drug-likeness (QED) is 0.542. The van der Waals surface area contributed by atoms with Crippen molar-refractivity contribution in [2.24, 2.45) is 0 Å². The topological polar surface area (TPSA) is 81.0 Å². The maximum absolute atomic E-state index is 11.3. The van der Waals surface area contributed by atoms with Gasteiger partial charge in [-0.15, -0.1) is 0 Å². The van der Waals surface area contributed by atoms with Crippen LogP contribution < -0.4 is 0 Å². The van der Waals surface area contributed by atoms with Gasteiger partial charge in [-0.25, -0.2) is 9.97 Å². The van der Waals surface area contributed by atoms with Gasteiger partial charge in [0.05, 0.1) is 22.8 Å². The van der Waals surface area contributed by atoms with Gasteiger partial charge in [0.1, 0.15) is 11.4 Å². The molecule has 0 aliphatic carbocycles. The molecule has 0 bridgehead atoms. The van der Waals surface area contributed by atoms with Crippen LogP contribution in [0.1, 0.15) is 11.4 Å². The van der Waals surface area contributed by atoms with Crippen molar-refractivity contribution < 1.29 is 9.84 Å². The summed E-state index contributed by atoms with van der Waals surface area (Å²) in [7, 11) is 1.42. The first-order valence-corrected chi connectivity index (χ1v) is 8.76. The van der Waals surface area contributed by atoms with Crippen molar-refractivity contribution in [2.75, 3.05) is 7.11 Å². The van der Waals surface area contributed by atoms with E-state index in [1.165, 1.54) is 7.11 Å². The largest absolute Gasteiger partial charge is 0.356 e. The lowest BCUT2D eigenvalue weighted by atomic mass is 10.1. The van der Waals surface area contributed by atoms with Crippen molar-refractivity contribution in [1.29, 1.82) is 0 Å². The molecule has 0 atom stereocenters. The Bertz CT molecular complexity index is 989. The summed E-state index contributed by atoms with van der Waals surface area (Å²) in [6, 6.07) is 21.8. The highest BCUT2D eigenvalue weighted by atomic mass is 16.6. The normalized spacial score (nSPS) is 11.4. The van der Waals surface area contributed by atoms with Crippen molar-refractivity contribution >= 4 is 0 Å². The molecule has 0 aromatic carbocycles. The van der Waals surface area contributed by atoms with Gasteiger partial charge in [-0.05, 0) is 48.5 Å². The number of ether oxygens (including phenoxy) is 1. The average Bonchev–Trinajstić information content (AvgIpc) is 2.80. The second-order valence-corrected chi connectivity index (χ2v) is 6.09. The molecule has 0 aliphatic heterocycles. The number of pyridine rings is 4. The fourth-order valence-electron chi connectivity index (χ4n) is 2.90. The maximum atomic E-state index is 11.3. The molecule has 0 saturated heterocycles. The number of rotatable bonds is 5. The van der Waals surface area contributed by atoms with Crippen LogP contribution in [-0.4, -0.2) is 32.2 Å². The van der Waals surface area contributed by atoms with Gasteiger partial charge in [0.15, 0.2) is 0 Å². The van der Waals surface area contributed by atoms with E-state index >= 15 is 0 Å². The van der Waals surface area contributed by atoms with Crippen LogP contribution in [0.5, 0.6) is 0 Å². The Morgan fingerprint density at radius 3 is 1.50 bits per heavy atom. The summed E-state index contributed by atoms with van der Waals surface area (Å²) in [5.41, 5.74) is 3.33. The third kappa shape index (κ3) is 3.38. The second kappa shape index (κ2) is 7.64. The fourth-order valence-corrected chi connectivity index (χ4v) is 2.90. The molecule has 4 heterocycles. The minimum Gasteiger partial charge on any atom is -0.356 e. The fraction of sp³-hybridized carbons (Fsp3) is 0.0909. The molecule has 6 heteroatoms. The number of aromatic nitrogens is 4. The summed E-state index contributed by atoms with van der Waals surface area (Å²) >= 11 is 0. The van der Waals surface area contributed by atoms with Gasteiger partial charge in [0.2, 0.25) is 0 Å². The molecular formula is C22H18N4O2. The summed E-state index contributed by atoms with van der Waals surface area (Å²) in [5.74, 6) is -1.81. The van der Waals surface area contributed by atoms with E-state index in [-0.39, 0.29) is 0 Å². The average molecular weight is 370 g/mol. The lowest BCUT2D eigenvalue weighted by Gasteiger charge is -2.26. The monoisotopic (exact) mass is 370 g/mol. The van der Waals surface area contributed by atoms with Crippen LogP contribution in [0.4, 0.5) is 0 Å². The zero-order chi connectivity index (χ0) is 19.4. The van der Waals surface area contributed by atoms with Crippen LogP contribution in [0.2, 0.25) is 0 Å². The second-order valence-electron chi connectivity index (χ2n) is 6.09. The molecule has 6 nitrogen and oxygen atoms in total. The SMILES string of the molecule is COC(O)(c1cccc(-c2ccccn2)n1)c1cccc(-c2ccccn2)n1. The Morgan fingerprint density at radius 2 is 1.11 bits per heavy atom. The summed E-state index contributed by atoms with van der Waals surface area (Å²) in [6.45, 7) is 0. The molecule has 0 spiro atoms. The Balaban J connectivity index is 1.78. The standard InChI is InChI=1S/C22H18N4O2/c1-28-22(27,20-12-6-10-18(25-20)16-8-2-4-14-23-16)21-13-7-11-19(26-21)17-9-3-5-15-24-17/h2-15,27H,1H3. The van der Waals surface area contributed by atoms with E-state index in [4.69, 9.17) is 4.74 Å². The predicted octanol–water partition coefficient (Wildman–Crippen LogP) is 3.44. The summed E-state index contributed by atoms with van der Waals surface area (Å²) < 4.78 is 5.48. The highest BCUT2D eigenvalue weighted by Crippen LogP contribution is 2.30. The van der Waals surface area contributed by atoms with Crippen molar-refractivity contribution in [3.63, 3.8) is 0 Å².